The maximum Gasteiger partial charge on any atom is 0.214 e. The van der Waals surface area contributed by atoms with Gasteiger partial charge in [0.05, 0.1) is 24.2 Å². The molecule has 3 aromatic rings. The molecule has 0 amide bonds. The molecule has 23 heavy (non-hydrogen) atoms. The molecule has 1 aromatic carbocycles. The van der Waals surface area contributed by atoms with Gasteiger partial charge in [-0.2, -0.15) is 4.68 Å². The van der Waals surface area contributed by atoms with Gasteiger partial charge in [0.1, 0.15) is 5.75 Å². The average molecular weight is 329 g/mol. The van der Waals surface area contributed by atoms with Crippen LogP contribution in [0.25, 0.3) is 5.69 Å². The van der Waals surface area contributed by atoms with E-state index in [9.17, 15) is 4.79 Å². The minimum Gasteiger partial charge on any atom is -0.497 e. The molecule has 0 aliphatic heterocycles. The number of carbonyl (C=O) groups excluding carboxylic acids is 1. The van der Waals surface area contributed by atoms with Crippen molar-refractivity contribution in [3.05, 3.63) is 48.3 Å². The maximum atomic E-state index is 12.2. The van der Waals surface area contributed by atoms with E-state index in [4.69, 9.17) is 4.74 Å². The van der Waals surface area contributed by atoms with Gasteiger partial charge in [0.2, 0.25) is 5.16 Å². The second-order valence-corrected chi connectivity index (χ2v) is 5.73. The summed E-state index contributed by atoms with van der Waals surface area (Å²) in [5, 5.41) is 12.2. The Morgan fingerprint density at radius 3 is 2.70 bits per heavy atom. The molecule has 0 N–H and O–H groups in total. The summed E-state index contributed by atoms with van der Waals surface area (Å²) >= 11 is 1.31. The van der Waals surface area contributed by atoms with E-state index in [0.29, 0.717) is 10.9 Å². The monoisotopic (exact) mass is 329 g/mol. The fraction of sp³-hybridized carbons (Fsp3) is 0.200. The molecule has 0 radical (unpaired) electrons. The summed E-state index contributed by atoms with van der Waals surface area (Å²) in [4.78, 5) is 12.2. The lowest BCUT2D eigenvalue weighted by atomic mass is 10.3. The van der Waals surface area contributed by atoms with Crippen molar-refractivity contribution in [3.8, 4) is 11.4 Å². The maximum absolute atomic E-state index is 12.2. The zero-order valence-electron chi connectivity index (χ0n) is 12.7. The SMILES string of the molecule is COc1ccc(-n2nnnc2SCC(=O)c2cccn2C)cc1. The predicted octanol–water partition coefficient (Wildman–Crippen LogP) is 1.98. The van der Waals surface area contributed by atoms with Gasteiger partial charge in [-0.15, -0.1) is 5.10 Å². The number of benzene rings is 1. The lowest BCUT2D eigenvalue weighted by Gasteiger charge is -2.05. The third kappa shape index (κ3) is 3.26. The van der Waals surface area contributed by atoms with Crippen molar-refractivity contribution >= 4 is 17.5 Å². The van der Waals surface area contributed by atoms with Crippen molar-refractivity contribution < 1.29 is 9.53 Å². The number of nitrogens with zero attached hydrogens (tertiary/aromatic N) is 5. The highest BCUT2D eigenvalue weighted by atomic mass is 32.2. The van der Waals surface area contributed by atoms with Gasteiger partial charge in [0.25, 0.3) is 0 Å². The van der Waals surface area contributed by atoms with Crippen LogP contribution in [0.5, 0.6) is 5.75 Å². The van der Waals surface area contributed by atoms with Crippen LogP contribution in [0.1, 0.15) is 10.5 Å². The number of aromatic nitrogens is 5. The normalized spacial score (nSPS) is 10.7. The Morgan fingerprint density at radius 1 is 1.26 bits per heavy atom. The first-order valence-electron chi connectivity index (χ1n) is 6.89. The molecule has 0 saturated heterocycles. The fourth-order valence-electron chi connectivity index (χ4n) is 2.11. The van der Waals surface area contributed by atoms with Gasteiger partial charge in [-0.1, -0.05) is 11.8 Å². The minimum atomic E-state index is 0.0341. The number of hydrogen-bond donors (Lipinski definition) is 0. The highest BCUT2D eigenvalue weighted by molar-refractivity contribution is 7.99. The Labute approximate surface area is 137 Å². The molecule has 0 fully saturated rings. The number of carbonyl (C=O) groups is 1. The van der Waals surface area contributed by atoms with E-state index < -0.39 is 0 Å². The molecule has 3 rings (SSSR count). The number of ketones is 1. The van der Waals surface area contributed by atoms with E-state index in [1.165, 1.54) is 11.8 Å². The summed E-state index contributed by atoms with van der Waals surface area (Å²) in [6, 6.07) is 11.0. The van der Waals surface area contributed by atoms with Crippen molar-refractivity contribution in [2.75, 3.05) is 12.9 Å². The topological polar surface area (TPSA) is 74.8 Å². The van der Waals surface area contributed by atoms with Crippen LogP contribution in [0.4, 0.5) is 0 Å². The van der Waals surface area contributed by atoms with Gasteiger partial charge in [0, 0.05) is 13.2 Å². The molecule has 0 bridgehead atoms. The molecule has 2 heterocycles. The lowest BCUT2D eigenvalue weighted by molar-refractivity contribution is 0.101. The first-order chi connectivity index (χ1) is 11.2. The Morgan fingerprint density at radius 2 is 2.04 bits per heavy atom. The van der Waals surface area contributed by atoms with Gasteiger partial charge in [-0.05, 0) is 46.8 Å². The summed E-state index contributed by atoms with van der Waals surface area (Å²) in [7, 11) is 3.46. The first-order valence-corrected chi connectivity index (χ1v) is 7.87. The molecule has 2 aromatic heterocycles. The second kappa shape index (κ2) is 6.66. The number of methoxy groups -OCH3 is 1. The second-order valence-electron chi connectivity index (χ2n) is 4.79. The summed E-state index contributed by atoms with van der Waals surface area (Å²) in [6.07, 6.45) is 1.85. The molecule has 0 aliphatic rings. The first kappa shape index (κ1) is 15.3. The van der Waals surface area contributed by atoms with Gasteiger partial charge in [-0.25, -0.2) is 0 Å². The van der Waals surface area contributed by atoms with Gasteiger partial charge < -0.3 is 9.30 Å². The van der Waals surface area contributed by atoms with Crippen LogP contribution in [0, 0.1) is 0 Å². The minimum absolute atomic E-state index is 0.0341. The van der Waals surface area contributed by atoms with Crippen LogP contribution in [-0.2, 0) is 7.05 Å². The standard InChI is InChI=1S/C15H15N5O2S/c1-19-9-3-4-13(19)14(21)10-23-15-16-17-18-20(15)11-5-7-12(22-2)8-6-11/h3-9H,10H2,1-2H3. The van der Waals surface area contributed by atoms with Crippen molar-refractivity contribution in [1.82, 2.24) is 24.8 Å². The summed E-state index contributed by atoms with van der Waals surface area (Å²) in [5.41, 5.74) is 1.48. The quantitative estimate of drug-likeness (QED) is 0.508. The number of rotatable bonds is 6. The number of ether oxygens (including phenoxy) is 1. The Hall–Kier alpha value is -2.61. The van der Waals surface area contributed by atoms with Crippen molar-refractivity contribution in [2.45, 2.75) is 5.16 Å². The van der Waals surface area contributed by atoms with Crippen LogP contribution in [-0.4, -0.2) is 43.4 Å². The highest BCUT2D eigenvalue weighted by Crippen LogP contribution is 2.21. The van der Waals surface area contributed by atoms with E-state index in [1.807, 2.05) is 43.6 Å². The lowest BCUT2D eigenvalue weighted by Crippen LogP contribution is -2.08. The number of thioether (sulfide) groups is 1. The van der Waals surface area contributed by atoms with Crippen molar-refractivity contribution in [3.63, 3.8) is 0 Å². The van der Waals surface area contributed by atoms with Crippen molar-refractivity contribution in [1.29, 1.82) is 0 Å². The molecule has 0 atom stereocenters. The zero-order chi connectivity index (χ0) is 16.2. The molecular formula is C15H15N5O2S. The van der Waals surface area contributed by atoms with E-state index in [1.54, 1.807) is 22.4 Å². The molecule has 7 nitrogen and oxygen atoms in total. The van der Waals surface area contributed by atoms with E-state index >= 15 is 0 Å². The summed E-state index contributed by atoms with van der Waals surface area (Å²) in [6.45, 7) is 0. The smallest absolute Gasteiger partial charge is 0.214 e. The average Bonchev–Trinajstić information content (AvgIpc) is 3.21. The Kier molecular flexibility index (Phi) is 4.42. The number of aryl methyl sites for hydroxylation is 1. The third-order valence-electron chi connectivity index (χ3n) is 3.32. The molecule has 0 saturated carbocycles. The fourth-order valence-corrected chi connectivity index (χ4v) is 2.88. The molecule has 0 unspecified atom stereocenters. The summed E-state index contributed by atoms with van der Waals surface area (Å²) in [5.74, 6) is 1.07. The number of Topliss-reactive ketones (excluding diaryl/α,β-unsaturated/α-hetero) is 1. The molecule has 8 heteroatoms. The van der Waals surface area contributed by atoms with E-state index in [-0.39, 0.29) is 11.5 Å². The molecular weight excluding hydrogens is 314 g/mol. The third-order valence-corrected chi connectivity index (χ3v) is 4.24. The number of tetrazole rings is 1. The van der Waals surface area contributed by atoms with Crippen LogP contribution in [0.3, 0.4) is 0 Å². The highest BCUT2D eigenvalue weighted by Gasteiger charge is 2.14. The molecule has 0 aliphatic carbocycles. The van der Waals surface area contributed by atoms with Crippen LogP contribution < -0.4 is 4.74 Å². The Balaban J connectivity index is 1.73. The van der Waals surface area contributed by atoms with Gasteiger partial charge in [-0.3, -0.25) is 4.79 Å². The summed E-state index contributed by atoms with van der Waals surface area (Å²) < 4.78 is 8.54. The van der Waals surface area contributed by atoms with Gasteiger partial charge in [0.15, 0.2) is 5.78 Å². The largest absolute Gasteiger partial charge is 0.497 e. The number of hydrogen-bond acceptors (Lipinski definition) is 6. The van der Waals surface area contributed by atoms with E-state index in [2.05, 4.69) is 15.5 Å². The van der Waals surface area contributed by atoms with Crippen LogP contribution in [0.2, 0.25) is 0 Å². The van der Waals surface area contributed by atoms with Crippen LogP contribution in [0.15, 0.2) is 47.8 Å². The molecule has 118 valence electrons. The molecule has 0 spiro atoms. The van der Waals surface area contributed by atoms with Crippen molar-refractivity contribution in [2.24, 2.45) is 7.05 Å². The van der Waals surface area contributed by atoms with Gasteiger partial charge >= 0.3 is 0 Å². The van der Waals surface area contributed by atoms with Crippen LogP contribution >= 0.6 is 11.8 Å². The van der Waals surface area contributed by atoms with E-state index in [0.717, 1.165) is 11.4 Å². The predicted molar refractivity (Wildman–Crippen MR) is 86.2 cm³/mol. The Bertz CT molecular complexity index is 809. The zero-order valence-corrected chi connectivity index (χ0v) is 13.5.